The van der Waals surface area contributed by atoms with Gasteiger partial charge in [0.1, 0.15) is 12.1 Å². The topological polar surface area (TPSA) is 78.5 Å². The largest absolute Gasteiger partial charge is 0.325 e. The monoisotopic (exact) mass is 343 g/mol. The molecule has 1 aromatic rings. The van der Waals surface area contributed by atoms with Gasteiger partial charge in [0.05, 0.1) is 0 Å². The van der Waals surface area contributed by atoms with Gasteiger partial charge in [-0.25, -0.2) is 4.79 Å². The third kappa shape index (κ3) is 3.52. The van der Waals surface area contributed by atoms with Gasteiger partial charge in [0, 0.05) is 5.69 Å². The van der Waals surface area contributed by atoms with Crippen LogP contribution in [0.3, 0.4) is 0 Å². The summed E-state index contributed by atoms with van der Waals surface area (Å²) in [5.41, 5.74) is -0.254. The fourth-order valence-corrected chi connectivity index (χ4v) is 4.52. The molecule has 3 rings (SSSR count). The lowest BCUT2D eigenvalue weighted by Gasteiger charge is -2.43. The van der Waals surface area contributed by atoms with Crippen LogP contribution >= 0.6 is 0 Å². The highest BCUT2D eigenvalue weighted by Crippen LogP contribution is 2.46. The summed E-state index contributed by atoms with van der Waals surface area (Å²) in [4.78, 5) is 38.6. The van der Waals surface area contributed by atoms with Crippen LogP contribution in [0.2, 0.25) is 0 Å². The standard InChI is InChI=1S/C19H25N3O3/c1-13-9-18(2,3)12-19(10-13)16(24)22(17(25)21-19)11-15(23)20-14-7-5-4-6-8-14/h4-8,13H,9-12H2,1-3H3,(H,20,23)(H,21,25)/t13-,19+/m0/s1. The van der Waals surface area contributed by atoms with Gasteiger partial charge in [0.2, 0.25) is 5.91 Å². The Balaban J connectivity index is 1.72. The number of para-hydroxylation sites is 1. The van der Waals surface area contributed by atoms with Gasteiger partial charge in [-0.05, 0) is 42.7 Å². The van der Waals surface area contributed by atoms with Crippen molar-refractivity contribution >= 4 is 23.5 Å². The van der Waals surface area contributed by atoms with Crippen LogP contribution in [0.5, 0.6) is 0 Å². The highest BCUT2D eigenvalue weighted by Gasteiger charge is 2.56. The molecule has 1 saturated heterocycles. The molecule has 1 heterocycles. The molecule has 1 saturated carbocycles. The molecule has 2 aliphatic rings. The van der Waals surface area contributed by atoms with Gasteiger partial charge in [0.15, 0.2) is 0 Å². The second kappa shape index (κ2) is 6.17. The maximum Gasteiger partial charge on any atom is 0.325 e. The lowest BCUT2D eigenvalue weighted by Crippen LogP contribution is -2.54. The summed E-state index contributed by atoms with van der Waals surface area (Å²) in [6, 6.07) is 8.52. The van der Waals surface area contributed by atoms with Crippen LogP contribution in [0.4, 0.5) is 10.5 Å². The van der Waals surface area contributed by atoms with E-state index in [-0.39, 0.29) is 23.8 Å². The van der Waals surface area contributed by atoms with E-state index in [1.54, 1.807) is 12.1 Å². The number of imide groups is 1. The maximum atomic E-state index is 13.0. The van der Waals surface area contributed by atoms with Crippen molar-refractivity contribution in [3.05, 3.63) is 30.3 Å². The smallest absolute Gasteiger partial charge is 0.325 e. The molecule has 1 aliphatic carbocycles. The van der Waals surface area contributed by atoms with Gasteiger partial charge in [-0.15, -0.1) is 0 Å². The van der Waals surface area contributed by atoms with Crippen LogP contribution in [0.15, 0.2) is 30.3 Å². The number of nitrogens with one attached hydrogen (secondary N) is 2. The first-order chi connectivity index (χ1) is 11.7. The zero-order valence-electron chi connectivity index (χ0n) is 15.0. The Labute approximate surface area is 148 Å². The molecule has 0 aromatic heterocycles. The van der Waals surface area contributed by atoms with E-state index in [0.29, 0.717) is 24.4 Å². The van der Waals surface area contributed by atoms with Gasteiger partial charge < -0.3 is 10.6 Å². The lowest BCUT2D eigenvalue weighted by atomic mass is 9.64. The molecule has 2 atom stereocenters. The molecule has 0 unspecified atom stereocenters. The lowest BCUT2D eigenvalue weighted by molar-refractivity contribution is -0.136. The number of urea groups is 1. The zero-order chi connectivity index (χ0) is 18.2. The number of nitrogens with zero attached hydrogens (tertiary/aromatic N) is 1. The van der Waals surface area contributed by atoms with Crippen molar-refractivity contribution in [2.24, 2.45) is 11.3 Å². The summed E-state index contributed by atoms with van der Waals surface area (Å²) in [5, 5.41) is 5.60. The summed E-state index contributed by atoms with van der Waals surface area (Å²) in [7, 11) is 0. The minimum atomic E-state index is -0.870. The third-order valence-corrected chi connectivity index (χ3v) is 4.98. The predicted octanol–water partition coefficient (Wildman–Crippen LogP) is 2.76. The number of anilines is 1. The van der Waals surface area contributed by atoms with Gasteiger partial charge in [-0.2, -0.15) is 0 Å². The second-order valence-electron chi connectivity index (χ2n) is 8.17. The first-order valence-corrected chi connectivity index (χ1v) is 8.70. The summed E-state index contributed by atoms with van der Waals surface area (Å²) in [6.45, 7) is 6.08. The van der Waals surface area contributed by atoms with Crippen molar-refractivity contribution < 1.29 is 14.4 Å². The van der Waals surface area contributed by atoms with Crippen LogP contribution in [0, 0.1) is 11.3 Å². The Hall–Kier alpha value is -2.37. The van der Waals surface area contributed by atoms with Gasteiger partial charge in [0.25, 0.3) is 5.91 Å². The molecule has 2 fully saturated rings. The van der Waals surface area contributed by atoms with Gasteiger partial charge >= 0.3 is 6.03 Å². The minimum absolute atomic E-state index is 0.0249. The molecule has 0 radical (unpaired) electrons. The van der Waals surface area contributed by atoms with Gasteiger partial charge in [-0.1, -0.05) is 39.0 Å². The zero-order valence-corrected chi connectivity index (χ0v) is 15.0. The fourth-order valence-electron chi connectivity index (χ4n) is 4.52. The molecule has 25 heavy (non-hydrogen) atoms. The number of amides is 4. The molecule has 1 aromatic carbocycles. The number of carbonyl (C=O) groups excluding carboxylic acids is 3. The molecule has 1 spiro atoms. The molecule has 2 N–H and O–H groups in total. The molecule has 1 aliphatic heterocycles. The number of hydrogen-bond acceptors (Lipinski definition) is 3. The van der Waals surface area contributed by atoms with Crippen molar-refractivity contribution in [3.63, 3.8) is 0 Å². The molecule has 6 heteroatoms. The van der Waals surface area contributed by atoms with Crippen molar-refractivity contribution in [3.8, 4) is 0 Å². The third-order valence-electron chi connectivity index (χ3n) is 4.98. The van der Waals surface area contributed by atoms with Crippen LogP contribution in [-0.4, -0.2) is 34.8 Å². The number of rotatable bonds is 3. The van der Waals surface area contributed by atoms with E-state index in [9.17, 15) is 14.4 Å². The Morgan fingerprint density at radius 1 is 1.24 bits per heavy atom. The van der Waals surface area contributed by atoms with Crippen LogP contribution in [0.1, 0.15) is 40.0 Å². The normalized spacial score (nSPS) is 28.1. The van der Waals surface area contributed by atoms with E-state index >= 15 is 0 Å². The first kappa shape index (κ1) is 17.5. The Kier molecular flexibility index (Phi) is 4.31. The van der Waals surface area contributed by atoms with E-state index in [0.717, 1.165) is 11.3 Å². The second-order valence-corrected chi connectivity index (χ2v) is 8.17. The molecule has 0 bridgehead atoms. The molecular weight excluding hydrogens is 318 g/mol. The first-order valence-electron chi connectivity index (χ1n) is 8.70. The van der Waals surface area contributed by atoms with E-state index in [2.05, 4.69) is 31.4 Å². The van der Waals surface area contributed by atoms with E-state index < -0.39 is 11.6 Å². The summed E-state index contributed by atoms with van der Waals surface area (Å²) in [5.74, 6) is -0.318. The summed E-state index contributed by atoms with van der Waals surface area (Å²) < 4.78 is 0. The quantitative estimate of drug-likeness (QED) is 0.828. The number of carbonyl (C=O) groups is 3. The van der Waals surface area contributed by atoms with Crippen LogP contribution in [-0.2, 0) is 9.59 Å². The highest BCUT2D eigenvalue weighted by molar-refractivity contribution is 6.10. The number of benzene rings is 1. The van der Waals surface area contributed by atoms with Crippen molar-refractivity contribution in [2.75, 3.05) is 11.9 Å². The van der Waals surface area contributed by atoms with Crippen LogP contribution < -0.4 is 10.6 Å². The summed E-state index contributed by atoms with van der Waals surface area (Å²) >= 11 is 0. The Morgan fingerprint density at radius 3 is 2.56 bits per heavy atom. The van der Waals surface area contributed by atoms with Gasteiger partial charge in [-0.3, -0.25) is 14.5 Å². The average molecular weight is 343 g/mol. The highest BCUT2D eigenvalue weighted by atomic mass is 16.2. The molecule has 4 amide bonds. The van der Waals surface area contributed by atoms with Crippen molar-refractivity contribution in [1.29, 1.82) is 0 Å². The average Bonchev–Trinajstić information content (AvgIpc) is 2.70. The van der Waals surface area contributed by atoms with E-state index in [1.807, 2.05) is 18.2 Å². The predicted molar refractivity (Wildman–Crippen MR) is 94.8 cm³/mol. The SMILES string of the molecule is C[C@H]1CC(C)(C)C[C@@]2(C1)NC(=O)N(CC(=O)Nc1ccccc1)C2=O. The maximum absolute atomic E-state index is 13.0. The molecular formula is C19H25N3O3. The van der Waals surface area contributed by atoms with E-state index in [1.165, 1.54) is 0 Å². The van der Waals surface area contributed by atoms with E-state index in [4.69, 9.17) is 0 Å². The fraction of sp³-hybridized carbons (Fsp3) is 0.526. The molecule has 134 valence electrons. The Morgan fingerprint density at radius 2 is 1.92 bits per heavy atom. The molecule has 6 nitrogen and oxygen atoms in total. The number of hydrogen-bond donors (Lipinski definition) is 2. The van der Waals surface area contributed by atoms with Crippen molar-refractivity contribution in [1.82, 2.24) is 10.2 Å². The summed E-state index contributed by atoms with van der Waals surface area (Å²) in [6.07, 6.45) is 2.25. The van der Waals surface area contributed by atoms with Crippen molar-refractivity contribution in [2.45, 2.75) is 45.6 Å². The minimum Gasteiger partial charge on any atom is -0.325 e. The Bertz CT molecular complexity index is 701. The van der Waals surface area contributed by atoms with Crippen LogP contribution in [0.25, 0.3) is 0 Å².